The number of nitrogens with one attached hydrogen (secondary N) is 1. The topological polar surface area (TPSA) is 58.4 Å². The molecule has 1 rings (SSSR count). The van der Waals surface area contributed by atoms with Gasteiger partial charge in [0.05, 0.1) is 0 Å². The Kier molecular flexibility index (Phi) is 5.16. The van der Waals surface area contributed by atoms with Crippen molar-refractivity contribution in [1.82, 2.24) is 4.90 Å². The van der Waals surface area contributed by atoms with Crippen LogP contribution in [0.25, 0.3) is 0 Å². The number of anilines is 1. The zero-order valence-corrected chi connectivity index (χ0v) is 11.4. The van der Waals surface area contributed by atoms with Crippen LogP contribution in [0.4, 0.5) is 10.5 Å². The van der Waals surface area contributed by atoms with Gasteiger partial charge in [0, 0.05) is 18.8 Å². The summed E-state index contributed by atoms with van der Waals surface area (Å²) in [6, 6.07) is 9.39. The molecule has 0 aliphatic carbocycles. The number of hydrogen-bond acceptors (Lipinski definition) is 2. The molecule has 2 amide bonds. The van der Waals surface area contributed by atoms with Crippen molar-refractivity contribution in [3.8, 4) is 0 Å². The summed E-state index contributed by atoms with van der Waals surface area (Å²) in [5.41, 5.74) is 6.45. The summed E-state index contributed by atoms with van der Waals surface area (Å²) in [6.07, 6.45) is 0. The van der Waals surface area contributed by atoms with Crippen LogP contribution in [0.2, 0.25) is 0 Å². The van der Waals surface area contributed by atoms with Crippen molar-refractivity contribution >= 4 is 11.7 Å². The van der Waals surface area contributed by atoms with Gasteiger partial charge in [0.2, 0.25) is 0 Å². The smallest absolute Gasteiger partial charge is 0.321 e. The van der Waals surface area contributed by atoms with E-state index in [2.05, 4.69) is 19.2 Å². The van der Waals surface area contributed by atoms with Gasteiger partial charge in [0.1, 0.15) is 0 Å². The van der Waals surface area contributed by atoms with Crippen molar-refractivity contribution in [1.29, 1.82) is 0 Å². The number of carbonyl (C=O) groups excluding carboxylic acids is 1. The summed E-state index contributed by atoms with van der Waals surface area (Å²) < 4.78 is 0. The van der Waals surface area contributed by atoms with E-state index >= 15 is 0 Å². The van der Waals surface area contributed by atoms with E-state index in [-0.39, 0.29) is 11.4 Å². The maximum absolute atomic E-state index is 12.1. The third-order valence-corrected chi connectivity index (χ3v) is 2.87. The van der Waals surface area contributed by atoms with Gasteiger partial charge in [0.15, 0.2) is 0 Å². The van der Waals surface area contributed by atoms with Crippen LogP contribution in [0.15, 0.2) is 30.3 Å². The molecule has 0 heterocycles. The SMILES string of the molecule is CCN(CC(C)(C)CN)C(=O)Nc1ccccc1. The summed E-state index contributed by atoms with van der Waals surface area (Å²) in [5, 5.41) is 2.89. The van der Waals surface area contributed by atoms with Gasteiger partial charge in [-0.05, 0) is 31.0 Å². The second-order valence-electron chi connectivity index (χ2n) is 5.18. The maximum Gasteiger partial charge on any atom is 0.321 e. The number of hydrogen-bond donors (Lipinski definition) is 2. The van der Waals surface area contributed by atoms with E-state index in [4.69, 9.17) is 5.73 Å². The molecule has 0 saturated heterocycles. The summed E-state index contributed by atoms with van der Waals surface area (Å²) in [4.78, 5) is 13.9. The molecule has 0 fully saturated rings. The minimum Gasteiger partial charge on any atom is -0.330 e. The number of carbonyl (C=O) groups is 1. The molecule has 1 aromatic rings. The fraction of sp³-hybridized carbons (Fsp3) is 0.500. The highest BCUT2D eigenvalue weighted by Gasteiger charge is 2.22. The summed E-state index contributed by atoms with van der Waals surface area (Å²) >= 11 is 0. The minimum atomic E-state index is -0.0785. The Morgan fingerprint density at radius 1 is 1.33 bits per heavy atom. The van der Waals surface area contributed by atoms with E-state index in [1.54, 1.807) is 4.90 Å². The van der Waals surface area contributed by atoms with Gasteiger partial charge in [-0.25, -0.2) is 4.79 Å². The van der Waals surface area contributed by atoms with E-state index in [0.717, 1.165) is 5.69 Å². The quantitative estimate of drug-likeness (QED) is 0.842. The van der Waals surface area contributed by atoms with Gasteiger partial charge in [-0.3, -0.25) is 0 Å². The Balaban J connectivity index is 2.63. The summed E-state index contributed by atoms with van der Waals surface area (Å²) in [7, 11) is 0. The molecule has 100 valence electrons. The Bertz CT molecular complexity index is 376. The monoisotopic (exact) mass is 249 g/mol. The van der Waals surface area contributed by atoms with Crippen molar-refractivity contribution in [2.75, 3.05) is 25.0 Å². The van der Waals surface area contributed by atoms with Crippen LogP contribution in [0.5, 0.6) is 0 Å². The number of para-hydroxylation sites is 1. The van der Waals surface area contributed by atoms with Crippen molar-refractivity contribution in [3.05, 3.63) is 30.3 Å². The highest BCUT2D eigenvalue weighted by Crippen LogP contribution is 2.16. The lowest BCUT2D eigenvalue weighted by molar-refractivity contribution is 0.185. The van der Waals surface area contributed by atoms with Crippen LogP contribution in [0.3, 0.4) is 0 Å². The molecule has 0 aliphatic heterocycles. The first-order valence-electron chi connectivity index (χ1n) is 6.29. The number of urea groups is 1. The van der Waals surface area contributed by atoms with Crippen LogP contribution < -0.4 is 11.1 Å². The third-order valence-electron chi connectivity index (χ3n) is 2.87. The van der Waals surface area contributed by atoms with Gasteiger partial charge in [0.25, 0.3) is 0 Å². The summed E-state index contributed by atoms with van der Waals surface area (Å²) in [5.74, 6) is 0. The largest absolute Gasteiger partial charge is 0.330 e. The van der Waals surface area contributed by atoms with E-state index in [1.807, 2.05) is 37.3 Å². The lowest BCUT2D eigenvalue weighted by Crippen LogP contribution is -2.43. The fourth-order valence-electron chi connectivity index (χ4n) is 1.63. The van der Waals surface area contributed by atoms with Crippen LogP contribution in [-0.2, 0) is 0 Å². The maximum atomic E-state index is 12.1. The molecule has 18 heavy (non-hydrogen) atoms. The highest BCUT2D eigenvalue weighted by atomic mass is 16.2. The van der Waals surface area contributed by atoms with Crippen LogP contribution in [-0.4, -0.2) is 30.6 Å². The average molecular weight is 249 g/mol. The van der Waals surface area contributed by atoms with Crippen LogP contribution >= 0.6 is 0 Å². The van der Waals surface area contributed by atoms with Crippen molar-refractivity contribution in [3.63, 3.8) is 0 Å². The average Bonchev–Trinajstić information content (AvgIpc) is 2.37. The standard InChI is InChI=1S/C14H23N3O/c1-4-17(11-14(2,3)10-15)13(18)16-12-8-6-5-7-9-12/h5-9H,4,10-11,15H2,1-3H3,(H,16,18). The molecule has 0 radical (unpaired) electrons. The number of nitrogens with two attached hydrogens (primary N) is 1. The molecule has 0 spiro atoms. The summed E-state index contributed by atoms with van der Waals surface area (Å²) in [6.45, 7) is 7.97. The van der Waals surface area contributed by atoms with Crippen LogP contribution in [0.1, 0.15) is 20.8 Å². The first-order valence-corrected chi connectivity index (χ1v) is 6.29. The van der Waals surface area contributed by atoms with Crippen LogP contribution in [0, 0.1) is 5.41 Å². The molecule has 4 nitrogen and oxygen atoms in total. The van der Waals surface area contributed by atoms with Gasteiger partial charge in [-0.15, -0.1) is 0 Å². The lowest BCUT2D eigenvalue weighted by Gasteiger charge is -2.31. The second-order valence-corrected chi connectivity index (χ2v) is 5.18. The van der Waals surface area contributed by atoms with Gasteiger partial charge >= 0.3 is 6.03 Å². The number of nitrogens with zero attached hydrogens (tertiary/aromatic N) is 1. The van der Waals surface area contributed by atoms with Gasteiger partial charge in [-0.2, -0.15) is 0 Å². The van der Waals surface area contributed by atoms with E-state index in [9.17, 15) is 4.79 Å². The van der Waals surface area contributed by atoms with Crippen molar-refractivity contribution < 1.29 is 4.79 Å². The second kappa shape index (κ2) is 6.40. The lowest BCUT2D eigenvalue weighted by atomic mass is 9.93. The molecule has 0 saturated carbocycles. The normalized spacial score (nSPS) is 11.1. The fourth-order valence-corrected chi connectivity index (χ4v) is 1.63. The Hall–Kier alpha value is -1.55. The van der Waals surface area contributed by atoms with Crippen molar-refractivity contribution in [2.45, 2.75) is 20.8 Å². The number of rotatable bonds is 5. The highest BCUT2D eigenvalue weighted by molar-refractivity contribution is 5.89. The van der Waals surface area contributed by atoms with E-state index in [1.165, 1.54) is 0 Å². The van der Waals surface area contributed by atoms with Crippen molar-refractivity contribution in [2.24, 2.45) is 11.1 Å². The van der Waals surface area contributed by atoms with E-state index < -0.39 is 0 Å². The molecule has 0 atom stereocenters. The molecule has 0 aromatic heterocycles. The third kappa shape index (κ3) is 4.37. The zero-order chi connectivity index (χ0) is 13.6. The molecule has 0 bridgehead atoms. The first-order chi connectivity index (χ1) is 8.48. The Labute approximate surface area is 109 Å². The predicted octanol–water partition coefficient (Wildman–Crippen LogP) is 2.53. The number of amides is 2. The molecular formula is C14H23N3O. The minimum absolute atomic E-state index is 0.0654. The molecule has 0 aliphatic rings. The molecule has 3 N–H and O–H groups in total. The number of benzene rings is 1. The van der Waals surface area contributed by atoms with Gasteiger partial charge < -0.3 is 16.0 Å². The Morgan fingerprint density at radius 2 is 1.94 bits per heavy atom. The molecule has 1 aromatic carbocycles. The zero-order valence-electron chi connectivity index (χ0n) is 11.4. The molecule has 4 heteroatoms. The molecule has 0 unspecified atom stereocenters. The van der Waals surface area contributed by atoms with E-state index in [0.29, 0.717) is 19.6 Å². The first kappa shape index (κ1) is 14.5. The predicted molar refractivity (Wildman–Crippen MR) is 75.5 cm³/mol. The van der Waals surface area contributed by atoms with Gasteiger partial charge in [-0.1, -0.05) is 32.0 Å². The molecular weight excluding hydrogens is 226 g/mol. The Morgan fingerprint density at radius 3 is 2.44 bits per heavy atom.